The molecule has 1 fully saturated rings. The zero-order chi connectivity index (χ0) is 29.6. The molecule has 40 heavy (non-hydrogen) atoms. The molecule has 0 spiro atoms. The van der Waals surface area contributed by atoms with Gasteiger partial charge in [-0.3, -0.25) is 9.59 Å². The zero-order valence-electron chi connectivity index (χ0n) is 24.9. The Balaban J connectivity index is 2.19. The summed E-state index contributed by atoms with van der Waals surface area (Å²) in [5.41, 5.74) is 1.75. The molecule has 1 aliphatic heterocycles. The molecule has 0 aromatic heterocycles. The number of aryl methyl sites for hydroxylation is 1. The van der Waals surface area contributed by atoms with Crippen molar-refractivity contribution in [3.8, 4) is 23.0 Å². The monoisotopic (exact) mass is 554 g/mol. The zero-order valence-corrected chi connectivity index (χ0v) is 24.9. The number of ketones is 1. The van der Waals surface area contributed by atoms with E-state index in [0.717, 1.165) is 18.7 Å². The molecule has 0 radical (unpaired) electrons. The van der Waals surface area contributed by atoms with E-state index in [4.69, 9.17) is 18.9 Å². The lowest BCUT2D eigenvalue weighted by Gasteiger charge is -2.29. The van der Waals surface area contributed by atoms with E-state index in [2.05, 4.69) is 18.7 Å². The summed E-state index contributed by atoms with van der Waals surface area (Å²) >= 11 is 0. The summed E-state index contributed by atoms with van der Waals surface area (Å²) in [5, 5.41) is 11.6. The first-order chi connectivity index (χ1) is 19.1. The average molecular weight is 555 g/mol. The first kappa shape index (κ1) is 30.8. The van der Waals surface area contributed by atoms with Crippen LogP contribution in [0.4, 0.5) is 0 Å². The molecule has 218 valence electrons. The number of carbonyl (C=O) groups excluding carboxylic acids is 2. The van der Waals surface area contributed by atoms with Crippen molar-refractivity contribution in [1.29, 1.82) is 0 Å². The van der Waals surface area contributed by atoms with Crippen molar-refractivity contribution in [2.45, 2.75) is 40.7 Å². The second-order valence-corrected chi connectivity index (χ2v) is 10.2. The molecular formula is C31H42N2O7. The van der Waals surface area contributed by atoms with Crippen molar-refractivity contribution in [2.75, 3.05) is 54.1 Å². The van der Waals surface area contributed by atoms with Crippen molar-refractivity contribution in [3.05, 3.63) is 52.6 Å². The van der Waals surface area contributed by atoms with E-state index >= 15 is 0 Å². The van der Waals surface area contributed by atoms with Crippen molar-refractivity contribution in [1.82, 2.24) is 9.80 Å². The number of hydrogen-bond donors (Lipinski definition) is 1. The number of ether oxygens (including phenoxy) is 4. The van der Waals surface area contributed by atoms with Crippen LogP contribution in [-0.2, 0) is 9.59 Å². The fourth-order valence-electron chi connectivity index (χ4n) is 4.91. The fourth-order valence-corrected chi connectivity index (χ4v) is 4.91. The summed E-state index contributed by atoms with van der Waals surface area (Å²) in [6.45, 7) is 13.1. The lowest BCUT2D eigenvalue weighted by atomic mass is 9.93. The van der Waals surface area contributed by atoms with Crippen LogP contribution in [-0.4, -0.2) is 80.7 Å². The third-order valence-electron chi connectivity index (χ3n) is 7.13. The molecule has 9 heteroatoms. The number of aliphatic hydroxyl groups excluding tert-OH is 1. The molecular weight excluding hydrogens is 512 g/mol. The van der Waals surface area contributed by atoms with Gasteiger partial charge in [-0.1, -0.05) is 27.7 Å². The predicted molar refractivity (Wildman–Crippen MR) is 154 cm³/mol. The minimum absolute atomic E-state index is 0.0118. The molecule has 2 aromatic carbocycles. The minimum Gasteiger partial charge on any atom is -0.507 e. The summed E-state index contributed by atoms with van der Waals surface area (Å²) in [5.74, 6) is 0.542. The van der Waals surface area contributed by atoms with Crippen LogP contribution in [0, 0.1) is 12.8 Å². The van der Waals surface area contributed by atoms with Gasteiger partial charge in [0.25, 0.3) is 11.7 Å². The summed E-state index contributed by atoms with van der Waals surface area (Å²) in [7, 11) is 4.52. The second kappa shape index (κ2) is 13.6. The number of likely N-dealkylation sites (N-methyl/N-ethyl adjacent to an activating group) is 1. The molecule has 1 atom stereocenters. The van der Waals surface area contributed by atoms with Crippen molar-refractivity contribution >= 4 is 17.4 Å². The van der Waals surface area contributed by atoms with E-state index in [1.807, 2.05) is 26.8 Å². The molecule has 1 amide bonds. The van der Waals surface area contributed by atoms with E-state index in [1.165, 1.54) is 26.2 Å². The van der Waals surface area contributed by atoms with Crippen molar-refractivity contribution in [2.24, 2.45) is 5.92 Å². The molecule has 1 saturated heterocycles. The maximum absolute atomic E-state index is 13.6. The highest BCUT2D eigenvalue weighted by atomic mass is 16.5. The Morgan fingerprint density at radius 3 is 2.12 bits per heavy atom. The fraction of sp³-hybridized carbons (Fsp3) is 0.484. The Labute approximate surface area is 237 Å². The number of hydrogen-bond acceptors (Lipinski definition) is 8. The summed E-state index contributed by atoms with van der Waals surface area (Å²) in [6.07, 6.45) is 0. The molecule has 0 bridgehead atoms. The van der Waals surface area contributed by atoms with Gasteiger partial charge in [-0.25, -0.2) is 0 Å². The van der Waals surface area contributed by atoms with Gasteiger partial charge in [0, 0.05) is 18.7 Å². The standard InChI is InChI=1S/C31H42N2O7/c1-9-32(10-2)13-14-33-27(21-16-24(37-6)30(39-8)25(17-21)38-7)26(29(35)31(33)36)28(34)23-12-11-22(15-20(23)5)40-18-19(3)4/h11-12,15-17,19,27,34H,9-10,13-14,18H2,1-8H3/b28-26+/t27-/m1/s1. The largest absolute Gasteiger partial charge is 0.507 e. The SMILES string of the molecule is CCN(CC)CCN1C(=O)C(=O)/C(=C(/O)c2ccc(OCC(C)C)cc2C)[C@H]1c1cc(OC)c(OC)c(OC)c1. The Kier molecular flexibility index (Phi) is 10.5. The number of benzene rings is 2. The van der Waals surface area contributed by atoms with Gasteiger partial charge in [0.15, 0.2) is 11.5 Å². The van der Waals surface area contributed by atoms with Gasteiger partial charge >= 0.3 is 0 Å². The molecule has 0 unspecified atom stereocenters. The summed E-state index contributed by atoms with van der Waals surface area (Å²) in [6, 6.07) is 7.87. The van der Waals surface area contributed by atoms with E-state index in [-0.39, 0.29) is 11.3 Å². The number of rotatable bonds is 13. The second-order valence-electron chi connectivity index (χ2n) is 10.2. The Hall–Kier alpha value is -3.72. The van der Waals surface area contributed by atoms with Crippen LogP contribution in [0.15, 0.2) is 35.9 Å². The third-order valence-corrected chi connectivity index (χ3v) is 7.13. The summed E-state index contributed by atoms with van der Waals surface area (Å²) in [4.78, 5) is 30.7. The third kappa shape index (κ3) is 6.36. The van der Waals surface area contributed by atoms with Gasteiger partial charge in [0.2, 0.25) is 5.75 Å². The topological polar surface area (TPSA) is 97.8 Å². The van der Waals surface area contributed by atoms with Crippen LogP contribution in [0.1, 0.15) is 50.4 Å². The summed E-state index contributed by atoms with van der Waals surface area (Å²) < 4.78 is 22.4. The van der Waals surface area contributed by atoms with Gasteiger partial charge in [-0.15, -0.1) is 0 Å². The van der Waals surface area contributed by atoms with Crippen LogP contribution in [0.5, 0.6) is 23.0 Å². The predicted octanol–water partition coefficient (Wildman–Crippen LogP) is 4.82. The molecule has 1 heterocycles. The normalized spacial score (nSPS) is 16.6. The average Bonchev–Trinajstić information content (AvgIpc) is 3.20. The first-order valence-electron chi connectivity index (χ1n) is 13.7. The van der Waals surface area contributed by atoms with E-state index < -0.39 is 17.7 Å². The maximum Gasteiger partial charge on any atom is 0.295 e. The lowest BCUT2D eigenvalue weighted by Crippen LogP contribution is -2.38. The number of nitrogens with zero attached hydrogens (tertiary/aromatic N) is 2. The highest BCUT2D eigenvalue weighted by molar-refractivity contribution is 6.46. The van der Waals surface area contributed by atoms with Crippen LogP contribution in [0.3, 0.4) is 0 Å². The van der Waals surface area contributed by atoms with Gasteiger partial charge < -0.3 is 33.9 Å². The Morgan fingerprint density at radius 1 is 1.00 bits per heavy atom. The van der Waals surface area contributed by atoms with Crippen LogP contribution in [0.2, 0.25) is 0 Å². The smallest absolute Gasteiger partial charge is 0.295 e. The molecule has 2 aromatic rings. The highest BCUT2D eigenvalue weighted by Crippen LogP contribution is 2.46. The lowest BCUT2D eigenvalue weighted by molar-refractivity contribution is -0.140. The van der Waals surface area contributed by atoms with Crippen LogP contribution >= 0.6 is 0 Å². The Morgan fingerprint density at radius 2 is 1.62 bits per heavy atom. The van der Waals surface area contributed by atoms with Crippen LogP contribution < -0.4 is 18.9 Å². The molecule has 1 N–H and O–H groups in total. The number of amides is 1. The number of methoxy groups -OCH3 is 3. The number of aliphatic hydroxyl groups is 1. The number of likely N-dealkylation sites (tertiary alicyclic amines) is 1. The van der Waals surface area contributed by atoms with E-state index in [0.29, 0.717) is 59.7 Å². The maximum atomic E-state index is 13.6. The molecule has 0 saturated carbocycles. The van der Waals surface area contributed by atoms with Crippen LogP contribution in [0.25, 0.3) is 5.76 Å². The highest BCUT2D eigenvalue weighted by Gasteiger charge is 2.46. The van der Waals surface area contributed by atoms with Crippen molar-refractivity contribution < 1.29 is 33.6 Å². The van der Waals surface area contributed by atoms with E-state index in [9.17, 15) is 14.7 Å². The van der Waals surface area contributed by atoms with E-state index in [1.54, 1.807) is 24.3 Å². The molecule has 9 nitrogen and oxygen atoms in total. The minimum atomic E-state index is -0.861. The van der Waals surface area contributed by atoms with Crippen molar-refractivity contribution in [3.63, 3.8) is 0 Å². The van der Waals surface area contributed by atoms with Gasteiger partial charge in [0.1, 0.15) is 11.5 Å². The first-order valence-corrected chi connectivity index (χ1v) is 13.7. The Bertz CT molecular complexity index is 1230. The molecule has 0 aliphatic carbocycles. The van der Waals surface area contributed by atoms with Gasteiger partial charge in [0.05, 0.1) is 39.6 Å². The molecule has 1 aliphatic rings. The number of Topliss-reactive ketones (excluding diaryl/α,β-unsaturated/α-hetero) is 1. The number of carbonyl (C=O) groups is 2. The van der Waals surface area contributed by atoms with Gasteiger partial charge in [-0.2, -0.15) is 0 Å². The molecule has 3 rings (SSSR count). The van der Waals surface area contributed by atoms with Gasteiger partial charge in [-0.05, 0) is 67.4 Å². The quantitative estimate of drug-likeness (QED) is 0.214.